The zero-order valence-electron chi connectivity index (χ0n) is 15.0. The van der Waals surface area contributed by atoms with Crippen LogP contribution < -0.4 is 10.1 Å². The van der Waals surface area contributed by atoms with E-state index < -0.39 is 0 Å². The molecule has 1 N–H and O–H groups in total. The Labute approximate surface area is 166 Å². The van der Waals surface area contributed by atoms with Gasteiger partial charge in [0.25, 0.3) is 0 Å². The van der Waals surface area contributed by atoms with Gasteiger partial charge in [0.05, 0.1) is 18.3 Å². The number of hydrogen-bond acceptors (Lipinski definition) is 4. The van der Waals surface area contributed by atoms with Gasteiger partial charge >= 0.3 is 0 Å². The van der Waals surface area contributed by atoms with E-state index in [4.69, 9.17) is 14.7 Å². The first-order valence-corrected chi connectivity index (χ1v) is 9.38. The minimum atomic E-state index is 0.596. The summed E-state index contributed by atoms with van der Waals surface area (Å²) in [5.41, 5.74) is 5.01. The van der Waals surface area contributed by atoms with Crippen molar-refractivity contribution in [3.63, 3.8) is 0 Å². The SMILES string of the molecule is CNc1nc(-c2cccc(Br)c2)c2cccc(-c3ccc(OC)cc3)c2n1. The smallest absolute Gasteiger partial charge is 0.223 e. The van der Waals surface area contributed by atoms with Crippen molar-refractivity contribution in [3.8, 4) is 28.1 Å². The third-order valence-corrected chi connectivity index (χ3v) is 4.94. The highest BCUT2D eigenvalue weighted by Crippen LogP contribution is 2.34. The van der Waals surface area contributed by atoms with Gasteiger partial charge in [0, 0.05) is 28.0 Å². The molecule has 0 aliphatic rings. The van der Waals surface area contributed by atoms with Gasteiger partial charge in [-0.2, -0.15) is 0 Å². The molecular formula is C22H18BrN3O. The van der Waals surface area contributed by atoms with E-state index in [1.165, 1.54) is 0 Å². The molecule has 0 amide bonds. The standard InChI is InChI=1S/C22H18BrN3O/c1-24-22-25-20(15-5-3-6-16(23)13-15)19-8-4-7-18(21(19)26-22)14-9-11-17(27-2)12-10-14/h3-13H,1-2H3,(H,24,25,26). The van der Waals surface area contributed by atoms with Crippen LogP contribution in [0.3, 0.4) is 0 Å². The van der Waals surface area contributed by atoms with Crippen LogP contribution >= 0.6 is 15.9 Å². The summed E-state index contributed by atoms with van der Waals surface area (Å²) in [7, 11) is 3.51. The molecule has 1 heterocycles. The lowest BCUT2D eigenvalue weighted by Gasteiger charge is -2.12. The van der Waals surface area contributed by atoms with Crippen LogP contribution in [0.25, 0.3) is 33.3 Å². The maximum Gasteiger partial charge on any atom is 0.223 e. The summed E-state index contributed by atoms with van der Waals surface area (Å²) in [6, 6.07) is 22.4. The minimum Gasteiger partial charge on any atom is -0.497 e. The van der Waals surface area contributed by atoms with Crippen LogP contribution in [0.4, 0.5) is 5.95 Å². The van der Waals surface area contributed by atoms with Crippen molar-refractivity contribution in [1.82, 2.24) is 9.97 Å². The van der Waals surface area contributed by atoms with Gasteiger partial charge in [0.1, 0.15) is 5.75 Å². The molecule has 0 radical (unpaired) electrons. The molecule has 0 bridgehead atoms. The van der Waals surface area contributed by atoms with Gasteiger partial charge in [-0.05, 0) is 29.8 Å². The molecule has 27 heavy (non-hydrogen) atoms. The molecule has 4 aromatic rings. The van der Waals surface area contributed by atoms with Crippen molar-refractivity contribution in [2.45, 2.75) is 0 Å². The Bertz CT molecular complexity index is 1110. The van der Waals surface area contributed by atoms with E-state index in [-0.39, 0.29) is 0 Å². The third-order valence-electron chi connectivity index (χ3n) is 4.45. The predicted molar refractivity (Wildman–Crippen MR) is 114 cm³/mol. The fourth-order valence-electron chi connectivity index (χ4n) is 3.12. The van der Waals surface area contributed by atoms with Gasteiger partial charge in [-0.25, -0.2) is 9.97 Å². The zero-order valence-corrected chi connectivity index (χ0v) is 16.6. The number of halogens is 1. The molecule has 4 rings (SSSR count). The molecule has 4 nitrogen and oxygen atoms in total. The second-order valence-electron chi connectivity index (χ2n) is 6.09. The van der Waals surface area contributed by atoms with Gasteiger partial charge in [0.15, 0.2) is 0 Å². The fourth-order valence-corrected chi connectivity index (χ4v) is 3.52. The van der Waals surface area contributed by atoms with Gasteiger partial charge in [-0.1, -0.05) is 58.4 Å². The van der Waals surface area contributed by atoms with E-state index in [0.717, 1.165) is 43.5 Å². The normalized spacial score (nSPS) is 10.8. The van der Waals surface area contributed by atoms with Gasteiger partial charge < -0.3 is 10.1 Å². The van der Waals surface area contributed by atoms with Crippen molar-refractivity contribution in [3.05, 3.63) is 71.2 Å². The zero-order chi connectivity index (χ0) is 18.8. The van der Waals surface area contributed by atoms with Crippen LogP contribution in [0.1, 0.15) is 0 Å². The van der Waals surface area contributed by atoms with Gasteiger partial charge in [-0.15, -0.1) is 0 Å². The molecule has 5 heteroatoms. The number of aromatic nitrogens is 2. The number of rotatable bonds is 4. The Morgan fingerprint density at radius 2 is 1.67 bits per heavy atom. The Hall–Kier alpha value is -2.92. The summed E-state index contributed by atoms with van der Waals surface area (Å²) in [6.07, 6.45) is 0. The van der Waals surface area contributed by atoms with E-state index in [1.807, 2.05) is 49.5 Å². The summed E-state index contributed by atoms with van der Waals surface area (Å²) in [5, 5.41) is 4.10. The molecule has 0 spiro atoms. The molecule has 0 saturated heterocycles. The molecule has 0 atom stereocenters. The minimum absolute atomic E-state index is 0.596. The van der Waals surface area contributed by atoms with Crippen LogP contribution in [0, 0.1) is 0 Å². The molecule has 1 aromatic heterocycles. The third kappa shape index (κ3) is 3.38. The summed E-state index contributed by atoms with van der Waals surface area (Å²) in [4.78, 5) is 9.49. The largest absolute Gasteiger partial charge is 0.497 e. The number of para-hydroxylation sites is 1. The first-order chi connectivity index (χ1) is 13.2. The number of methoxy groups -OCH3 is 1. The summed E-state index contributed by atoms with van der Waals surface area (Å²) in [6.45, 7) is 0. The van der Waals surface area contributed by atoms with Crippen molar-refractivity contribution in [2.75, 3.05) is 19.5 Å². The lowest BCUT2D eigenvalue weighted by Crippen LogP contribution is -2.00. The van der Waals surface area contributed by atoms with E-state index in [2.05, 4.69) is 45.5 Å². The highest BCUT2D eigenvalue weighted by atomic mass is 79.9. The van der Waals surface area contributed by atoms with Crippen molar-refractivity contribution in [1.29, 1.82) is 0 Å². The van der Waals surface area contributed by atoms with Gasteiger partial charge in [-0.3, -0.25) is 0 Å². The summed E-state index contributed by atoms with van der Waals surface area (Å²) < 4.78 is 6.29. The highest BCUT2D eigenvalue weighted by molar-refractivity contribution is 9.10. The highest BCUT2D eigenvalue weighted by Gasteiger charge is 2.13. The average molecular weight is 420 g/mol. The van der Waals surface area contributed by atoms with Crippen LogP contribution in [0.15, 0.2) is 71.2 Å². The number of nitrogens with zero attached hydrogens (tertiary/aromatic N) is 2. The number of hydrogen-bond donors (Lipinski definition) is 1. The van der Waals surface area contributed by atoms with E-state index in [0.29, 0.717) is 5.95 Å². The van der Waals surface area contributed by atoms with Crippen molar-refractivity contribution < 1.29 is 4.74 Å². The lowest BCUT2D eigenvalue weighted by atomic mass is 9.99. The van der Waals surface area contributed by atoms with E-state index in [1.54, 1.807) is 7.11 Å². The quantitative estimate of drug-likeness (QED) is 0.455. The number of anilines is 1. The Balaban J connectivity index is 1.98. The average Bonchev–Trinajstić information content (AvgIpc) is 2.72. The number of fused-ring (bicyclic) bond motifs is 1. The molecule has 3 aromatic carbocycles. The lowest BCUT2D eigenvalue weighted by molar-refractivity contribution is 0.415. The first kappa shape index (κ1) is 17.5. The van der Waals surface area contributed by atoms with Crippen LogP contribution in [-0.4, -0.2) is 24.1 Å². The number of nitrogens with one attached hydrogen (secondary N) is 1. The van der Waals surface area contributed by atoms with Gasteiger partial charge in [0.2, 0.25) is 5.95 Å². The topological polar surface area (TPSA) is 47.0 Å². The predicted octanol–water partition coefficient (Wildman–Crippen LogP) is 5.78. The fraction of sp³-hybridized carbons (Fsp3) is 0.0909. The molecule has 134 valence electrons. The Morgan fingerprint density at radius 1 is 0.889 bits per heavy atom. The van der Waals surface area contributed by atoms with Crippen LogP contribution in [0.5, 0.6) is 5.75 Å². The van der Waals surface area contributed by atoms with E-state index in [9.17, 15) is 0 Å². The molecule has 0 aliphatic heterocycles. The second kappa shape index (κ2) is 7.37. The van der Waals surface area contributed by atoms with E-state index >= 15 is 0 Å². The van der Waals surface area contributed by atoms with Crippen molar-refractivity contribution in [2.24, 2.45) is 0 Å². The monoisotopic (exact) mass is 419 g/mol. The molecule has 0 aliphatic carbocycles. The summed E-state index contributed by atoms with van der Waals surface area (Å²) in [5.74, 6) is 1.43. The maximum atomic E-state index is 5.28. The van der Waals surface area contributed by atoms with Crippen LogP contribution in [-0.2, 0) is 0 Å². The molecular weight excluding hydrogens is 402 g/mol. The van der Waals surface area contributed by atoms with Crippen LogP contribution in [0.2, 0.25) is 0 Å². The molecule has 0 unspecified atom stereocenters. The van der Waals surface area contributed by atoms with Crippen molar-refractivity contribution >= 4 is 32.8 Å². The molecule has 0 saturated carbocycles. The Morgan fingerprint density at radius 3 is 2.37 bits per heavy atom. The second-order valence-corrected chi connectivity index (χ2v) is 7.00. The first-order valence-electron chi connectivity index (χ1n) is 8.58. The summed E-state index contributed by atoms with van der Waals surface area (Å²) >= 11 is 3.55. The molecule has 0 fully saturated rings. The number of ether oxygens (including phenoxy) is 1. The maximum absolute atomic E-state index is 5.28. The Kier molecular flexibility index (Phi) is 4.77. The number of benzene rings is 3.